The van der Waals surface area contributed by atoms with Crippen LogP contribution in [0.4, 0.5) is 24.8 Å². The van der Waals surface area contributed by atoms with E-state index >= 15 is 0 Å². The first kappa shape index (κ1) is 27.3. The zero-order valence-electron chi connectivity index (χ0n) is 22.8. The van der Waals surface area contributed by atoms with Gasteiger partial charge in [0.15, 0.2) is 5.65 Å². The number of aromatic nitrogens is 3. The van der Waals surface area contributed by atoms with Gasteiger partial charge in [-0.15, -0.1) is 5.10 Å². The Morgan fingerprint density at radius 2 is 1.90 bits per heavy atom. The van der Waals surface area contributed by atoms with Crippen molar-refractivity contribution in [3.05, 3.63) is 59.8 Å². The second kappa shape index (κ2) is 10.8. The molecule has 216 valence electrons. The first-order valence-corrected chi connectivity index (χ1v) is 13.9. The summed E-state index contributed by atoms with van der Waals surface area (Å²) in [7, 11) is 2.10. The summed E-state index contributed by atoms with van der Waals surface area (Å²) in [5, 5.41) is 7.75. The first-order valence-electron chi connectivity index (χ1n) is 13.9. The number of hydrogen-bond acceptors (Lipinski definition) is 6. The highest BCUT2D eigenvalue weighted by Gasteiger charge is 2.42. The Bertz CT molecular complexity index is 1480. The van der Waals surface area contributed by atoms with Crippen LogP contribution in [-0.2, 0) is 4.79 Å². The summed E-state index contributed by atoms with van der Waals surface area (Å²) in [4.78, 5) is 35.8. The number of alkyl halides is 3. The van der Waals surface area contributed by atoms with Crippen LogP contribution < -0.4 is 5.32 Å². The van der Waals surface area contributed by atoms with E-state index in [-0.39, 0.29) is 12.5 Å². The van der Waals surface area contributed by atoms with E-state index in [9.17, 15) is 22.8 Å². The highest BCUT2D eigenvalue weighted by atomic mass is 19.4. The second-order valence-corrected chi connectivity index (χ2v) is 11.1. The van der Waals surface area contributed by atoms with E-state index in [1.807, 2.05) is 47.4 Å². The Morgan fingerprint density at radius 1 is 1.10 bits per heavy atom. The highest BCUT2D eigenvalue weighted by molar-refractivity contribution is 5.95. The van der Waals surface area contributed by atoms with E-state index in [0.29, 0.717) is 42.1 Å². The van der Waals surface area contributed by atoms with Crippen molar-refractivity contribution in [2.24, 2.45) is 5.92 Å². The van der Waals surface area contributed by atoms with Crippen molar-refractivity contribution in [3.63, 3.8) is 0 Å². The van der Waals surface area contributed by atoms with Gasteiger partial charge in [-0.25, -0.2) is 4.52 Å². The number of likely N-dealkylation sites (tertiary alicyclic amines) is 2. The zero-order chi connectivity index (χ0) is 28.7. The molecule has 2 atom stereocenters. The topological polar surface area (TPSA) is 86.1 Å². The minimum Gasteiger partial charge on any atom is -0.339 e. The van der Waals surface area contributed by atoms with Gasteiger partial charge in [0.25, 0.3) is 5.91 Å². The predicted molar refractivity (Wildman–Crippen MR) is 148 cm³/mol. The Labute approximate surface area is 235 Å². The molecule has 3 aliphatic rings. The summed E-state index contributed by atoms with van der Waals surface area (Å²) < 4.78 is 39.1. The molecular weight excluding hydrogens is 535 g/mol. The van der Waals surface area contributed by atoms with Crippen LogP contribution in [0.2, 0.25) is 0 Å². The molecule has 0 unspecified atom stereocenters. The number of nitrogens with zero attached hydrogens (tertiary/aromatic N) is 6. The van der Waals surface area contributed by atoms with E-state index in [4.69, 9.17) is 0 Å². The number of pyridine rings is 1. The fourth-order valence-corrected chi connectivity index (χ4v) is 6.17. The zero-order valence-corrected chi connectivity index (χ0v) is 22.8. The number of hydrogen-bond donors (Lipinski definition) is 1. The van der Waals surface area contributed by atoms with Crippen LogP contribution in [-0.4, -0.2) is 93.1 Å². The Hall–Kier alpha value is -3.93. The van der Waals surface area contributed by atoms with Gasteiger partial charge in [0.1, 0.15) is 0 Å². The number of carbonyl (C=O) groups is 2. The van der Waals surface area contributed by atoms with Gasteiger partial charge >= 0.3 is 6.18 Å². The number of likely N-dealkylation sites (N-methyl/N-ethyl adjacent to an activating group) is 1. The van der Waals surface area contributed by atoms with Gasteiger partial charge in [0, 0.05) is 68.2 Å². The van der Waals surface area contributed by atoms with Crippen molar-refractivity contribution in [1.29, 1.82) is 0 Å². The molecule has 1 N–H and O–H groups in total. The first-order chi connectivity index (χ1) is 19.6. The van der Waals surface area contributed by atoms with Gasteiger partial charge in [-0.1, -0.05) is 6.08 Å². The number of halogens is 3. The highest BCUT2D eigenvalue weighted by Crippen LogP contribution is 2.32. The smallest absolute Gasteiger partial charge is 0.339 e. The Morgan fingerprint density at radius 3 is 2.63 bits per heavy atom. The van der Waals surface area contributed by atoms with Crippen molar-refractivity contribution in [1.82, 2.24) is 29.3 Å². The molecular formula is C29H32F3N7O2. The lowest BCUT2D eigenvalue weighted by Crippen LogP contribution is -2.39. The molecule has 0 saturated carbocycles. The Balaban J connectivity index is 1.12. The van der Waals surface area contributed by atoms with Gasteiger partial charge in [0.2, 0.25) is 11.9 Å². The molecule has 12 heteroatoms. The molecule has 3 aliphatic heterocycles. The number of anilines is 2. The third kappa shape index (κ3) is 5.79. The van der Waals surface area contributed by atoms with Crippen LogP contribution in [0, 0.1) is 5.92 Å². The van der Waals surface area contributed by atoms with Gasteiger partial charge < -0.3 is 20.0 Å². The molecule has 2 saturated heterocycles. The molecule has 0 spiro atoms. The van der Waals surface area contributed by atoms with Crippen molar-refractivity contribution < 1.29 is 22.8 Å². The van der Waals surface area contributed by atoms with Crippen molar-refractivity contribution >= 4 is 34.7 Å². The summed E-state index contributed by atoms with van der Waals surface area (Å²) in [6, 6.07) is 11.4. The quantitative estimate of drug-likeness (QED) is 0.481. The third-order valence-corrected chi connectivity index (χ3v) is 8.27. The van der Waals surface area contributed by atoms with Crippen molar-refractivity contribution in [2.75, 3.05) is 45.1 Å². The molecule has 9 nitrogen and oxygen atoms in total. The average molecular weight is 568 g/mol. The maximum Gasteiger partial charge on any atom is 0.389 e. The molecule has 0 aliphatic carbocycles. The summed E-state index contributed by atoms with van der Waals surface area (Å²) in [6.07, 6.45) is -0.760. The third-order valence-electron chi connectivity index (χ3n) is 8.27. The van der Waals surface area contributed by atoms with Gasteiger partial charge in [-0.05, 0) is 67.8 Å². The molecule has 2 fully saturated rings. The van der Waals surface area contributed by atoms with E-state index in [1.165, 1.54) is 4.90 Å². The molecule has 2 aromatic heterocycles. The largest absolute Gasteiger partial charge is 0.389 e. The van der Waals surface area contributed by atoms with Gasteiger partial charge in [-0.2, -0.15) is 18.2 Å². The van der Waals surface area contributed by atoms with Crippen LogP contribution >= 0.6 is 0 Å². The SMILES string of the molecule is CN1C[C@@H]2CCN(C(=O)c3ccc(Nc4nc5c(C6=CCN(C(=O)CCC(F)(F)F)CC6)cccn5n4)cc3)[C@@H]2C1. The van der Waals surface area contributed by atoms with Crippen LogP contribution in [0.5, 0.6) is 0 Å². The molecule has 0 bridgehead atoms. The molecule has 6 rings (SSSR count). The molecule has 3 aromatic rings. The van der Waals surface area contributed by atoms with Crippen molar-refractivity contribution in [3.8, 4) is 0 Å². The Kier molecular flexibility index (Phi) is 7.18. The summed E-state index contributed by atoms with van der Waals surface area (Å²) >= 11 is 0. The summed E-state index contributed by atoms with van der Waals surface area (Å²) in [6.45, 7) is 3.38. The van der Waals surface area contributed by atoms with Crippen LogP contribution in [0.3, 0.4) is 0 Å². The maximum atomic E-state index is 13.2. The maximum absolute atomic E-state index is 13.2. The number of rotatable bonds is 6. The predicted octanol–water partition coefficient (Wildman–Crippen LogP) is 4.21. The average Bonchev–Trinajstić information content (AvgIpc) is 3.64. The number of amides is 2. The van der Waals surface area contributed by atoms with Crippen LogP contribution in [0.15, 0.2) is 48.7 Å². The normalized spacial score (nSPS) is 21.3. The second-order valence-electron chi connectivity index (χ2n) is 11.1. The summed E-state index contributed by atoms with van der Waals surface area (Å²) in [5.74, 6) is 0.530. The molecule has 1 aromatic carbocycles. The van der Waals surface area contributed by atoms with E-state index in [0.717, 1.165) is 42.9 Å². The summed E-state index contributed by atoms with van der Waals surface area (Å²) in [5.41, 5.74) is 3.87. The van der Waals surface area contributed by atoms with Gasteiger partial charge in [-0.3, -0.25) is 9.59 Å². The molecule has 5 heterocycles. The van der Waals surface area contributed by atoms with Crippen molar-refractivity contribution in [2.45, 2.75) is 37.9 Å². The fourth-order valence-electron chi connectivity index (χ4n) is 6.17. The number of fused-ring (bicyclic) bond motifs is 2. The lowest BCUT2D eigenvalue weighted by Gasteiger charge is -2.27. The monoisotopic (exact) mass is 567 g/mol. The minimum absolute atomic E-state index is 0.0659. The fraction of sp³-hybridized carbons (Fsp3) is 0.448. The van der Waals surface area contributed by atoms with E-state index < -0.39 is 24.9 Å². The lowest BCUT2D eigenvalue weighted by atomic mass is 10.00. The molecule has 0 radical (unpaired) electrons. The minimum atomic E-state index is -4.34. The number of carbonyl (C=O) groups excluding carboxylic acids is 2. The number of benzene rings is 1. The molecule has 41 heavy (non-hydrogen) atoms. The number of nitrogens with one attached hydrogen (secondary N) is 1. The van der Waals surface area contributed by atoms with Crippen LogP contribution in [0.1, 0.15) is 41.6 Å². The molecule has 2 amide bonds. The van der Waals surface area contributed by atoms with E-state index in [1.54, 1.807) is 10.7 Å². The van der Waals surface area contributed by atoms with Crippen LogP contribution in [0.25, 0.3) is 11.2 Å². The standard InChI is InChI=1S/C29H32F3N7O2/c1-36-17-21-11-16-38(24(21)18-36)27(41)20-4-6-22(7-5-20)33-28-34-26-23(3-2-13-39(26)35-28)19-9-14-37(15-10-19)25(40)8-12-29(30,31)32/h2-7,9,13,21,24H,8,10-12,14-18H2,1H3,(H,33,35)/t21-,24+/m0/s1. The van der Waals surface area contributed by atoms with Gasteiger partial charge in [0.05, 0.1) is 6.42 Å². The van der Waals surface area contributed by atoms with E-state index in [2.05, 4.69) is 27.3 Å². The lowest BCUT2D eigenvalue weighted by molar-refractivity contribution is -0.148.